The van der Waals surface area contributed by atoms with Gasteiger partial charge in [0.25, 0.3) is 0 Å². The van der Waals surface area contributed by atoms with Crippen LogP contribution in [0.1, 0.15) is 29.3 Å². The smallest absolute Gasteiger partial charge is 0.311 e. The Morgan fingerprint density at radius 3 is 2.50 bits per heavy atom. The van der Waals surface area contributed by atoms with Crippen LogP contribution in [-0.4, -0.2) is 36.7 Å². The molecule has 3 rings (SSSR count). The van der Waals surface area contributed by atoms with Crippen molar-refractivity contribution in [2.45, 2.75) is 20.3 Å². The molecule has 0 unspecified atom stereocenters. The van der Waals surface area contributed by atoms with Gasteiger partial charge in [-0.2, -0.15) is 0 Å². The fourth-order valence-electron chi connectivity index (χ4n) is 3.19. The van der Waals surface area contributed by atoms with E-state index in [1.54, 1.807) is 12.1 Å². The maximum absolute atomic E-state index is 14.1. The van der Waals surface area contributed by atoms with Gasteiger partial charge in [0.05, 0.1) is 11.5 Å². The predicted octanol–water partition coefficient (Wildman–Crippen LogP) is 2.87. The van der Waals surface area contributed by atoms with Crippen LogP contribution in [0.4, 0.5) is 15.8 Å². The van der Waals surface area contributed by atoms with E-state index in [1.807, 2.05) is 19.1 Å². The first-order valence-electron chi connectivity index (χ1n) is 9.38. The summed E-state index contributed by atoms with van der Waals surface area (Å²) in [5.74, 6) is -3.49. The number of carbonyl (C=O) groups excluding carboxylic acids is 4. The number of hydrogen-bond donors (Lipinski definition) is 1. The van der Waals surface area contributed by atoms with Crippen molar-refractivity contribution in [2.75, 3.05) is 23.4 Å². The molecule has 0 saturated carbocycles. The summed E-state index contributed by atoms with van der Waals surface area (Å²) in [5, 5.41) is 2.41. The summed E-state index contributed by atoms with van der Waals surface area (Å²) < 4.78 is 19.2. The first-order chi connectivity index (χ1) is 14.2. The van der Waals surface area contributed by atoms with Crippen LogP contribution >= 0.6 is 0 Å². The number of aryl methyl sites for hydroxylation is 1. The number of anilines is 2. The lowest BCUT2D eigenvalue weighted by molar-refractivity contribution is -0.147. The monoisotopic (exact) mass is 412 g/mol. The standard InChI is InChI=1S/C22H21FN2O5/c1-13-3-6-17(7-4-13)25-11-15(9-21(25)28)22(29)30-12-20(27)18-8-5-16(10-19(18)23)24-14(2)26/h3-8,10,15H,9,11-12H2,1-2H3,(H,24,26)/t15-/m1/s1. The minimum atomic E-state index is -0.830. The molecular formula is C22H21FN2O5. The van der Waals surface area contributed by atoms with Crippen molar-refractivity contribution in [3.63, 3.8) is 0 Å². The summed E-state index contributed by atoms with van der Waals surface area (Å²) in [4.78, 5) is 49.3. The van der Waals surface area contributed by atoms with Gasteiger partial charge in [0.2, 0.25) is 17.6 Å². The minimum Gasteiger partial charge on any atom is -0.457 e. The van der Waals surface area contributed by atoms with E-state index in [-0.39, 0.29) is 36.0 Å². The molecular weight excluding hydrogens is 391 g/mol. The highest BCUT2D eigenvalue weighted by Crippen LogP contribution is 2.26. The zero-order valence-corrected chi connectivity index (χ0v) is 16.6. The Morgan fingerprint density at radius 1 is 1.17 bits per heavy atom. The summed E-state index contributed by atoms with van der Waals surface area (Å²) in [5.41, 5.74) is 1.71. The number of esters is 1. The first-order valence-corrected chi connectivity index (χ1v) is 9.38. The summed E-state index contributed by atoms with van der Waals surface area (Å²) >= 11 is 0. The van der Waals surface area contributed by atoms with Crippen molar-refractivity contribution in [1.82, 2.24) is 0 Å². The normalized spacial score (nSPS) is 15.8. The molecule has 0 radical (unpaired) electrons. The second kappa shape index (κ2) is 8.86. The maximum Gasteiger partial charge on any atom is 0.311 e. The highest BCUT2D eigenvalue weighted by atomic mass is 19.1. The van der Waals surface area contributed by atoms with E-state index in [4.69, 9.17) is 4.74 Å². The van der Waals surface area contributed by atoms with Crippen molar-refractivity contribution >= 4 is 34.9 Å². The molecule has 2 amide bonds. The molecule has 0 aromatic heterocycles. The molecule has 0 aliphatic carbocycles. The summed E-state index contributed by atoms with van der Waals surface area (Å²) in [6.07, 6.45) is -0.0132. The van der Waals surface area contributed by atoms with Crippen LogP contribution in [0, 0.1) is 18.7 Å². The maximum atomic E-state index is 14.1. The molecule has 8 heteroatoms. The number of ether oxygens (including phenoxy) is 1. The third-order valence-corrected chi connectivity index (χ3v) is 4.74. The van der Waals surface area contributed by atoms with Crippen molar-refractivity contribution in [2.24, 2.45) is 5.92 Å². The van der Waals surface area contributed by atoms with Gasteiger partial charge < -0.3 is 15.0 Å². The van der Waals surface area contributed by atoms with Gasteiger partial charge in [-0.25, -0.2) is 4.39 Å². The van der Waals surface area contributed by atoms with Gasteiger partial charge in [0.1, 0.15) is 5.82 Å². The Balaban J connectivity index is 1.58. The molecule has 2 aromatic rings. The van der Waals surface area contributed by atoms with Gasteiger partial charge in [0, 0.05) is 31.3 Å². The molecule has 1 saturated heterocycles. The summed E-state index contributed by atoms with van der Waals surface area (Å²) in [7, 11) is 0. The summed E-state index contributed by atoms with van der Waals surface area (Å²) in [6, 6.07) is 11.0. The Labute approximate surface area is 172 Å². The third kappa shape index (κ3) is 4.89. The topological polar surface area (TPSA) is 92.8 Å². The van der Waals surface area contributed by atoms with Crippen LogP contribution in [-0.2, 0) is 19.1 Å². The molecule has 1 heterocycles. The number of halogens is 1. The van der Waals surface area contributed by atoms with Crippen molar-refractivity contribution in [1.29, 1.82) is 0 Å². The van der Waals surface area contributed by atoms with E-state index in [1.165, 1.54) is 24.0 Å². The lowest BCUT2D eigenvalue weighted by Gasteiger charge is -2.16. The number of hydrogen-bond acceptors (Lipinski definition) is 5. The number of benzene rings is 2. The Morgan fingerprint density at radius 2 is 1.87 bits per heavy atom. The van der Waals surface area contributed by atoms with Crippen LogP contribution in [0.25, 0.3) is 0 Å². The van der Waals surface area contributed by atoms with E-state index in [0.717, 1.165) is 11.6 Å². The van der Waals surface area contributed by atoms with E-state index in [9.17, 15) is 23.6 Å². The molecule has 2 aromatic carbocycles. The zero-order valence-electron chi connectivity index (χ0n) is 16.6. The molecule has 1 fully saturated rings. The molecule has 1 atom stereocenters. The van der Waals surface area contributed by atoms with Gasteiger partial charge in [-0.05, 0) is 37.3 Å². The van der Waals surface area contributed by atoms with Crippen LogP contribution in [0.3, 0.4) is 0 Å². The van der Waals surface area contributed by atoms with Gasteiger partial charge in [-0.15, -0.1) is 0 Å². The number of amides is 2. The quantitative estimate of drug-likeness (QED) is 0.582. The average Bonchev–Trinajstić information content (AvgIpc) is 3.08. The molecule has 1 aliphatic heterocycles. The molecule has 1 N–H and O–H groups in total. The fraction of sp³-hybridized carbons (Fsp3) is 0.273. The highest BCUT2D eigenvalue weighted by molar-refractivity contribution is 6.01. The summed E-state index contributed by atoms with van der Waals surface area (Å²) in [6.45, 7) is 2.74. The lowest BCUT2D eigenvalue weighted by atomic mass is 10.1. The molecule has 1 aliphatic rings. The van der Waals surface area contributed by atoms with Crippen LogP contribution in [0.2, 0.25) is 0 Å². The van der Waals surface area contributed by atoms with E-state index in [0.29, 0.717) is 5.69 Å². The Kier molecular flexibility index (Phi) is 6.25. The third-order valence-electron chi connectivity index (χ3n) is 4.74. The predicted molar refractivity (Wildman–Crippen MR) is 108 cm³/mol. The largest absolute Gasteiger partial charge is 0.457 e. The molecule has 156 valence electrons. The first kappa shape index (κ1) is 21.2. The van der Waals surface area contributed by atoms with Crippen LogP contribution in [0.5, 0.6) is 0 Å². The molecule has 7 nitrogen and oxygen atoms in total. The highest BCUT2D eigenvalue weighted by Gasteiger charge is 2.36. The number of rotatable bonds is 6. The Hall–Kier alpha value is -3.55. The zero-order chi connectivity index (χ0) is 21.8. The Bertz CT molecular complexity index is 1000. The van der Waals surface area contributed by atoms with Gasteiger partial charge in [0.15, 0.2) is 6.61 Å². The molecule has 0 spiro atoms. The van der Waals surface area contributed by atoms with Crippen LogP contribution < -0.4 is 10.2 Å². The second-order valence-corrected chi connectivity index (χ2v) is 7.15. The van der Waals surface area contributed by atoms with Crippen molar-refractivity contribution in [3.05, 3.63) is 59.4 Å². The van der Waals surface area contributed by atoms with Gasteiger partial charge >= 0.3 is 5.97 Å². The number of nitrogens with zero attached hydrogens (tertiary/aromatic N) is 1. The fourth-order valence-corrected chi connectivity index (χ4v) is 3.19. The molecule has 0 bridgehead atoms. The van der Waals surface area contributed by atoms with E-state index in [2.05, 4.69) is 5.32 Å². The number of ketones is 1. The second-order valence-electron chi connectivity index (χ2n) is 7.15. The minimum absolute atomic E-state index is 0.0132. The SMILES string of the molecule is CC(=O)Nc1ccc(C(=O)COC(=O)[C@@H]2CC(=O)N(c3ccc(C)cc3)C2)c(F)c1. The lowest BCUT2D eigenvalue weighted by Crippen LogP contribution is -2.27. The van der Waals surface area contributed by atoms with Crippen molar-refractivity contribution in [3.8, 4) is 0 Å². The van der Waals surface area contributed by atoms with Crippen molar-refractivity contribution < 1.29 is 28.3 Å². The van der Waals surface area contributed by atoms with Gasteiger partial charge in [-0.1, -0.05) is 17.7 Å². The van der Waals surface area contributed by atoms with Crippen LogP contribution in [0.15, 0.2) is 42.5 Å². The van der Waals surface area contributed by atoms with E-state index >= 15 is 0 Å². The molecule has 30 heavy (non-hydrogen) atoms. The number of carbonyl (C=O) groups is 4. The number of Topliss-reactive ketones (excluding diaryl/α,β-unsaturated/α-hetero) is 1. The average molecular weight is 412 g/mol. The van der Waals surface area contributed by atoms with Gasteiger partial charge in [-0.3, -0.25) is 19.2 Å². The van der Waals surface area contributed by atoms with E-state index < -0.39 is 30.1 Å². The number of nitrogens with one attached hydrogen (secondary N) is 1.